The van der Waals surface area contributed by atoms with Crippen molar-refractivity contribution in [2.75, 3.05) is 6.61 Å². The molecular weight excluding hydrogens is 134 g/mol. The Balaban J connectivity index is 2.72. The summed E-state index contributed by atoms with van der Waals surface area (Å²) in [6.45, 7) is 1.54. The fourth-order valence-electron chi connectivity index (χ4n) is 0.876. The molecular formula is C6H9NO3. The number of primary amides is 1. The Morgan fingerprint density at radius 2 is 2.40 bits per heavy atom. The smallest absolute Gasteiger partial charge is 0.249 e. The van der Waals surface area contributed by atoms with Gasteiger partial charge in [0.1, 0.15) is 6.61 Å². The summed E-state index contributed by atoms with van der Waals surface area (Å²) in [6, 6.07) is 0. The quantitative estimate of drug-likeness (QED) is 0.523. The molecule has 0 bridgehead atoms. The van der Waals surface area contributed by atoms with Crippen LogP contribution in [0.4, 0.5) is 0 Å². The van der Waals surface area contributed by atoms with Crippen molar-refractivity contribution in [3.05, 3.63) is 0 Å². The average molecular weight is 143 g/mol. The molecule has 1 aliphatic heterocycles. The van der Waals surface area contributed by atoms with E-state index in [1.807, 2.05) is 0 Å². The summed E-state index contributed by atoms with van der Waals surface area (Å²) < 4.78 is 4.89. The molecule has 1 atom stereocenters. The monoisotopic (exact) mass is 143 g/mol. The van der Waals surface area contributed by atoms with Gasteiger partial charge in [-0.15, -0.1) is 0 Å². The van der Waals surface area contributed by atoms with E-state index in [9.17, 15) is 9.59 Å². The van der Waals surface area contributed by atoms with Crippen LogP contribution in [0, 0.1) is 0 Å². The van der Waals surface area contributed by atoms with Crippen LogP contribution in [0.15, 0.2) is 0 Å². The van der Waals surface area contributed by atoms with Gasteiger partial charge in [-0.2, -0.15) is 0 Å². The van der Waals surface area contributed by atoms with Gasteiger partial charge < -0.3 is 10.5 Å². The third kappa shape index (κ3) is 1.02. The number of ether oxygens (including phenoxy) is 1. The Kier molecular flexibility index (Phi) is 1.48. The minimum atomic E-state index is -1.04. The van der Waals surface area contributed by atoms with Crippen molar-refractivity contribution in [1.82, 2.24) is 0 Å². The first-order chi connectivity index (χ1) is 4.54. The Morgan fingerprint density at radius 1 is 1.80 bits per heavy atom. The summed E-state index contributed by atoms with van der Waals surface area (Å²) >= 11 is 0. The van der Waals surface area contributed by atoms with Crippen molar-refractivity contribution >= 4 is 11.7 Å². The summed E-state index contributed by atoms with van der Waals surface area (Å²) in [6.07, 6.45) is 0.113. The Labute approximate surface area is 58.3 Å². The zero-order chi connectivity index (χ0) is 7.78. The molecule has 1 heterocycles. The van der Waals surface area contributed by atoms with Gasteiger partial charge in [-0.1, -0.05) is 0 Å². The largest absolute Gasteiger partial charge is 0.367 e. The summed E-state index contributed by atoms with van der Waals surface area (Å²) in [5.74, 6) is -0.639. The molecule has 4 nitrogen and oxygen atoms in total. The first kappa shape index (κ1) is 7.21. The maximum Gasteiger partial charge on any atom is 0.249 e. The molecule has 1 amide bonds. The number of Topliss-reactive ketones (excluding diaryl/α,β-unsaturated/α-hetero) is 1. The first-order valence-corrected chi connectivity index (χ1v) is 3.00. The van der Waals surface area contributed by atoms with Crippen LogP contribution in [-0.4, -0.2) is 23.9 Å². The molecule has 0 radical (unpaired) electrons. The van der Waals surface area contributed by atoms with Gasteiger partial charge in [-0.25, -0.2) is 0 Å². The number of rotatable bonds is 1. The second-order valence-corrected chi connectivity index (χ2v) is 2.60. The van der Waals surface area contributed by atoms with Crippen molar-refractivity contribution < 1.29 is 14.3 Å². The molecule has 0 unspecified atom stereocenters. The fraction of sp³-hybridized carbons (Fsp3) is 0.667. The van der Waals surface area contributed by atoms with Crippen LogP contribution in [-0.2, 0) is 14.3 Å². The number of hydrogen-bond acceptors (Lipinski definition) is 3. The lowest BCUT2D eigenvalue weighted by atomic mass is 10.0. The summed E-state index contributed by atoms with van der Waals surface area (Å²) in [7, 11) is 0. The molecule has 0 spiro atoms. The number of nitrogens with two attached hydrogens (primary N) is 1. The van der Waals surface area contributed by atoms with Crippen molar-refractivity contribution in [1.29, 1.82) is 0 Å². The van der Waals surface area contributed by atoms with Crippen LogP contribution in [0.2, 0.25) is 0 Å². The van der Waals surface area contributed by atoms with Crippen LogP contribution >= 0.6 is 0 Å². The van der Waals surface area contributed by atoms with Gasteiger partial charge in [0.2, 0.25) is 5.91 Å². The second-order valence-electron chi connectivity index (χ2n) is 2.60. The summed E-state index contributed by atoms with van der Waals surface area (Å²) in [5, 5.41) is 0. The molecule has 10 heavy (non-hydrogen) atoms. The van der Waals surface area contributed by atoms with E-state index < -0.39 is 11.5 Å². The minimum Gasteiger partial charge on any atom is -0.367 e. The predicted octanol–water partition coefficient (Wildman–Crippen LogP) is -0.780. The number of carbonyl (C=O) groups excluding carboxylic acids is 2. The number of amides is 1. The number of ketones is 1. The lowest BCUT2D eigenvalue weighted by Crippen LogP contribution is -2.40. The third-order valence-electron chi connectivity index (χ3n) is 1.61. The van der Waals surface area contributed by atoms with Gasteiger partial charge in [0, 0.05) is 6.42 Å². The Morgan fingerprint density at radius 3 is 2.60 bits per heavy atom. The molecule has 0 aromatic heterocycles. The average Bonchev–Trinajstić information content (AvgIpc) is 2.13. The zero-order valence-electron chi connectivity index (χ0n) is 5.72. The van der Waals surface area contributed by atoms with Gasteiger partial charge in [0.05, 0.1) is 0 Å². The molecule has 0 aromatic rings. The molecule has 0 aromatic carbocycles. The molecule has 1 saturated heterocycles. The van der Waals surface area contributed by atoms with Crippen LogP contribution in [0.1, 0.15) is 13.3 Å². The zero-order valence-corrected chi connectivity index (χ0v) is 5.72. The van der Waals surface area contributed by atoms with E-state index in [4.69, 9.17) is 10.5 Å². The number of hydrogen-bond donors (Lipinski definition) is 1. The summed E-state index contributed by atoms with van der Waals surface area (Å²) in [4.78, 5) is 21.2. The van der Waals surface area contributed by atoms with Gasteiger partial charge in [-0.3, -0.25) is 9.59 Å². The Bertz CT molecular complexity index is 189. The van der Waals surface area contributed by atoms with Crippen LogP contribution < -0.4 is 5.73 Å². The molecule has 2 N–H and O–H groups in total. The highest BCUT2D eigenvalue weighted by molar-refractivity contribution is 5.93. The van der Waals surface area contributed by atoms with Gasteiger partial charge in [0.15, 0.2) is 11.4 Å². The lowest BCUT2D eigenvalue weighted by molar-refractivity contribution is -0.135. The SMILES string of the molecule is C[C@]1(C(N)=O)CC(=O)CO1. The van der Waals surface area contributed by atoms with E-state index in [1.54, 1.807) is 0 Å². The summed E-state index contributed by atoms with van der Waals surface area (Å²) in [5.41, 5.74) is 3.93. The highest BCUT2D eigenvalue weighted by atomic mass is 16.5. The van der Waals surface area contributed by atoms with Crippen molar-refractivity contribution in [2.24, 2.45) is 5.73 Å². The van der Waals surface area contributed by atoms with Crippen molar-refractivity contribution in [2.45, 2.75) is 18.9 Å². The van der Waals surface area contributed by atoms with E-state index >= 15 is 0 Å². The minimum absolute atomic E-state index is 0.0133. The maximum absolute atomic E-state index is 10.6. The van der Waals surface area contributed by atoms with Gasteiger partial charge in [0.25, 0.3) is 0 Å². The van der Waals surface area contributed by atoms with E-state index in [0.717, 1.165) is 0 Å². The van der Waals surface area contributed by atoms with Crippen molar-refractivity contribution in [3.63, 3.8) is 0 Å². The maximum atomic E-state index is 10.6. The van der Waals surface area contributed by atoms with E-state index in [0.29, 0.717) is 0 Å². The normalized spacial score (nSPS) is 32.7. The van der Waals surface area contributed by atoms with Crippen LogP contribution in [0.3, 0.4) is 0 Å². The van der Waals surface area contributed by atoms with E-state index in [-0.39, 0.29) is 18.8 Å². The standard InChI is InChI=1S/C6H9NO3/c1-6(5(7)9)2-4(8)3-10-6/h2-3H2,1H3,(H2,7,9)/t6-/m1/s1. The molecule has 0 saturated carbocycles. The van der Waals surface area contributed by atoms with Gasteiger partial charge >= 0.3 is 0 Å². The number of carbonyl (C=O) groups is 2. The van der Waals surface area contributed by atoms with Crippen LogP contribution in [0.5, 0.6) is 0 Å². The van der Waals surface area contributed by atoms with Crippen molar-refractivity contribution in [3.8, 4) is 0 Å². The third-order valence-corrected chi connectivity index (χ3v) is 1.61. The highest BCUT2D eigenvalue weighted by Gasteiger charge is 2.40. The topological polar surface area (TPSA) is 69.4 Å². The van der Waals surface area contributed by atoms with E-state index in [1.165, 1.54) is 6.92 Å². The predicted molar refractivity (Wildman–Crippen MR) is 33.2 cm³/mol. The Hall–Kier alpha value is -0.900. The lowest BCUT2D eigenvalue weighted by Gasteiger charge is -2.16. The molecule has 0 aliphatic carbocycles. The van der Waals surface area contributed by atoms with E-state index in [2.05, 4.69) is 0 Å². The second kappa shape index (κ2) is 2.05. The molecule has 56 valence electrons. The van der Waals surface area contributed by atoms with Crippen LogP contribution in [0.25, 0.3) is 0 Å². The van der Waals surface area contributed by atoms with Gasteiger partial charge in [-0.05, 0) is 6.92 Å². The molecule has 1 rings (SSSR count). The molecule has 1 aliphatic rings. The molecule has 4 heteroatoms. The first-order valence-electron chi connectivity index (χ1n) is 3.00. The molecule has 1 fully saturated rings. The fourth-order valence-corrected chi connectivity index (χ4v) is 0.876. The highest BCUT2D eigenvalue weighted by Crippen LogP contribution is 2.21.